The molecular weight excluding hydrogens is 426 g/mol. The lowest BCUT2D eigenvalue weighted by Gasteiger charge is -2.35. The van der Waals surface area contributed by atoms with Crippen LogP contribution in [-0.4, -0.2) is 72.3 Å². The highest BCUT2D eigenvalue weighted by Gasteiger charge is 2.25. The summed E-state index contributed by atoms with van der Waals surface area (Å²) in [7, 11) is 4.07. The van der Waals surface area contributed by atoms with E-state index in [0.717, 1.165) is 38.2 Å². The summed E-state index contributed by atoms with van der Waals surface area (Å²) in [4.78, 5) is 16.9. The fraction of sp³-hybridized carbons (Fsp3) is 0.630. The first-order chi connectivity index (χ1) is 16.5. The van der Waals surface area contributed by atoms with Gasteiger partial charge in [0.05, 0.1) is 12.7 Å². The van der Waals surface area contributed by atoms with Crippen LogP contribution in [0.4, 0.5) is 0 Å². The summed E-state index contributed by atoms with van der Waals surface area (Å²) in [6, 6.07) is 10.3. The zero-order chi connectivity index (χ0) is 24.6. The van der Waals surface area contributed by atoms with Crippen LogP contribution >= 0.6 is 0 Å². The highest BCUT2D eigenvalue weighted by atomic mass is 16.5. The van der Waals surface area contributed by atoms with Gasteiger partial charge in [-0.05, 0) is 45.0 Å². The van der Waals surface area contributed by atoms with Gasteiger partial charge in [-0.25, -0.2) is 0 Å². The number of hydrogen-bond acceptors (Lipinski definition) is 5. The van der Waals surface area contributed by atoms with Gasteiger partial charge in [-0.2, -0.15) is 5.10 Å². The summed E-state index contributed by atoms with van der Waals surface area (Å²) in [5.74, 6) is 1.58. The van der Waals surface area contributed by atoms with Crippen molar-refractivity contribution in [3.05, 3.63) is 48.3 Å². The molecule has 0 atom stereocenters. The van der Waals surface area contributed by atoms with Crippen molar-refractivity contribution in [1.29, 1.82) is 0 Å². The lowest BCUT2D eigenvalue weighted by Crippen LogP contribution is -2.44. The molecule has 1 heterocycles. The third-order valence-electron chi connectivity index (χ3n) is 6.01. The van der Waals surface area contributed by atoms with Crippen molar-refractivity contribution in [1.82, 2.24) is 25.3 Å². The number of benzene rings is 1. The number of likely N-dealkylation sites (N-methyl/N-ethyl adjacent to an activating group) is 2. The van der Waals surface area contributed by atoms with E-state index in [1.165, 1.54) is 24.8 Å². The molecule has 1 saturated carbocycles. The molecule has 1 fully saturated rings. The van der Waals surface area contributed by atoms with E-state index in [0.29, 0.717) is 37.4 Å². The summed E-state index contributed by atoms with van der Waals surface area (Å²) in [5, 5.41) is 9.80. The van der Waals surface area contributed by atoms with Gasteiger partial charge in [0.2, 0.25) is 5.91 Å². The van der Waals surface area contributed by atoms with Crippen LogP contribution in [0, 0.1) is 5.92 Å². The number of H-pyrrole nitrogens is 1. The van der Waals surface area contributed by atoms with Crippen LogP contribution in [0.15, 0.2) is 42.7 Å². The Morgan fingerprint density at radius 2 is 1.91 bits per heavy atom. The molecule has 1 aliphatic carbocycles. The Morgan fingerprint density at radius 1 is 1.18 bits per heavy atom. The fourth-order valence-electron chi connectivity index (χ4n) is 4.21. The van der Waals surface area contributed by atoms with Crippen LogP contribution in [0.2, 0.25) is 0 Å². The number of rotatable bonds is 12. The van der Waals surface area contributed by atoms with Crippen LogP contribution in [0.3, 0.4) is 0 Å². The molecule has 1 aromatic carbocycles. The summed E-state index contributed by atoms with van der Waals surface area (Å²) in [5.41, 5.74) is 1.23. The summed E-state index contributed by atoms with van der Waals surface area (Å²) in [6.45, 7) is 8.53. The maximum Gasteiger partial charge on any atom is 0.223 e. The molecular formula is C27H45N5O2. The minimum absolute atomic E-state index is 0.290. The molecule has 0 bridgehead atoms. The van der Waals surface area contributed by atoms with Crippen LogP contribution < -0.4 is 10.1 Å². The van der Waals surface area contributed by atoms with Crippen molar-refractivity contribution in [2.75, 3.05) is 40.3 Å². The molecule has 1 aromatic heterocycles. The molecule has 2 aromatic rings. The predicted molar refractivity (Wildman–Crippen MR) is 139 cm³/mol. The molecule has 7 heteroatoms. The number of carbonyl (C=O) groups is 1. The number of carbonyl (C=O) groups excluding carboxylic acids is 1. The van der Waals surface area contributed by atoms with Gasteiger partial charge in [0.1, 0.15) is 12.4 Å². The monoisotopic (exact) mass is 471 g/mol. The van der Waals surface area contributed by atoms with E-state index in [1.807, 2.05) is 49.8 Å². The van der Waals surface area contributed by atoms with Gasteiger partial charge in [0.25, 0.3) is 0 Å². The third-order valence-corrected chi connectivity index (χ3v) is 6.01. The van der Waals surface area contributed by atoms with E-state index in [-0.39, 0.29) is 0 Å². The molecule has 1 aliphatic rings. The number of amides is 1. The number of ether oxygens (including phenoxy) is 1. The minimum Gasteiger partial charge on any atom is -0.492 e. The molecule has 0 aliphatic heterocycles. The number of nitrogens with one attached hydrogen (secondary N) is 2. The van der Waals surface area contributed by atoms with Gasteiger partial charge >= 0.3 is 0 Å². The van der Waals surface area contributed by atoms with E-state index in [9.17, 15) is 4.79 Å². The number of aromatic amines is 1. The van der Waals surface area contributed by atoms with Gasteiger partial charge in [-0.15, -0.1) is 0 Å². The Labute approximate surface area is 206 Å². The fourth-order valence-corrected chi connectivity index (χ4v) is 4.21. The van der Waals surface area contributed by atoms with Crippen molar-refractivity contribution < 1.29 is 9.53 Å². The van der Waals surface area contributed by atoms with E-state index < -0.39 is 0 Å². The van der Waals surface area contributed by atoms with Crippen molar-refractivity contribution in [2.24, 2.45) is 5.92 Å². The first-order valence-electron chi connectivity index (χ1n) is 12.8. The highest BCUT2D eigenvalue weighted by Crippen LogP contribution is 2.24. The maximum absolute atomic E-state index is 12.6. The summed E-state index contributed by atoms with van der Waals surface area (Å²) < 4.78 is 5.79. The first-order valence-corrected chi connectivity index (χ1v) is 12.8. The Balaban J connectivity index is 0.000000287. The Kier molecular flexibility index (Phi) is 13.3. The average molecular weight is 472 g/mol. The number of hydrogen-bond donors (Lipinski definition) is 2. The van der Waals surface area contributed by atoms with Crippen molar-refractivity contribution in [3.63, 3.8) is 0 Å². The Morgan fingerprint density at radius 3 is 2.53 bits per heavy atom. The van der Waals surface area contributed by atoms with Crippen LogP contribution in [-0.2, 0) is 11.3 Å². The largest absolute Gasteiger partial charge is 0.492 e. The molecule has 0 radical (unpaired) electrons. The number of aromatic nitrogens is 2. The normalized spacial score (nSPS) is 14.1. The molecule has 0 spiro atoms. The van der Waals surface area contributed by atoms with Gasteiger partial charge in [-0.1, -0.05) is 51.3 Å². The van der Waals surface area contributed by atoms with Gasteiger partial charge in [0, 0.05) is 43.9 Å². The van der Waals surface area contributed by atoms with Gasteiger partial charge < -0.3 is 19.9 Å². The molecule has 1 amide bonds. The van der Waals surface area contributed by atoms with E-state index in [2.05, 4.69) is 46.2 Å². The zero-order valence-corrected chi connectivity index (χ0v) is 21.6. The summed E-state index contributed by atoms with van der Waals surface area (Å²) in [6.07, 6.45) is 10.5. The minimum atomic E-state index is 0.290. The van der Waals surface area contributed by atoms with Gasteiger partial charge in [0.15, 0.2) is 0 Å². The molecule has 190 valence electrons. The lowest BCUT2D eigenvalue weighted by atomic mass is 9.93. The Bertz CT molecular complexity index is 761. The summed E-state index contributed by atoms with van der Waals surface area (Å²) >= 11 is 0. The molecule has 2 N–H and O–H groups in total. The lowest BCUT2D eigenvalue weighted by molar-refractivity contribution is -0.135. The van der Waals surface area contributed by atoms with Gasteiger partial charge in [-0.3, -0.25) is 9.89 Å². The van der Waals surface area contributed by atoms with Crippen molar-refractivity contribution in [3.8, 4) is 5.75 Å². The molecule has 34 heavy (non-hydrogen) atoms. The average Bonchev–Trinajstić information content (AvgIpc) is 3.34. The van der Waals surface area contributed by atoms with E-state index >= 15 is 0 Å². The number of nitrogens with zero attached hydrogens (tertiary/aromatic N) is 3. The predicted octanol–water partition coefficient (Wildman–Crippen LogP) is 4.33. The highest BCUT2D eigenvalue weighted by molar-refractivity contribution is 5.76. The SMILES string of the molecule is CC(C)CC(=O)N(CCOc1ccccc1)C1CCCCC1.CNCCN(C)Cc1cn[nH]c1. The van der Waals surface area contributed by atoms with Crippen LogP contribution in [0.1, 0.15) is 57.9 Å². The topological polar surface area (TPSA) is 73.5 Å². The Hall–Kier alpha value is -2.38. The van der Waals surface area contributed by atoms with Crippen LogP contribution in [0.5, 0.6) is 5.75 Å². The zero-order valence-electron chi connectivity index (χ0n) is 21.6. The first kappa shape index (κ1) is 27.9. The second-order valence-corrected chi connectivity index (χ2v) is 9.59. The molecule has 3 rings (SSSR count). The smallest absolute Gasteiger partial charge is 0.223 e. The molecule has 7 nitrogen and oxygen atoms in total. The van der Waals surface area contributed by atoms with E-state index in [4.69, 9.17) is 4.74 Å². The standard InChI is InChI=1S/C19H29NO2.C8H16N4/c1-16(2)15-19(21)20(17-9-5-3-6-10-17)13-14-22-18-11-7-4-8-12-18;1-9-3-4-12(2)7-8-5-10-11-6-8/h4,7-8,11-12,16-17H,3,5-6,9-10,13-15H2,1-2H3;5-6,9H,3-4,7H2,1-2H3,(H,10,11). The second kappa shape index (κ2) is 16.3. The quantitative estimate of drug-likeness (QED) is 0.482. The van der Waals surface area contributed by atoms with Crippen molar-refractivity contribution in [2.45, 2.75) is 65.0 Å². The van der Waals surface area contributed by atoms with E-state index in [1.54, 1.807) is 0 Å². The van der Waals surface area contributed by atoms with Crippen LogP contribution in [0.25, 0.3) is 0 Å². The maximum atomic E-state index is 12.6. The molecule has 0 saturated heterocycles. The van der Waals surface area contributed by atoms with Crippen molar-refractivity contribution >= 4 is 5.91 Å². The molecule has 0 unspecified atom stereocenters. The second-order valence-electron chi connectivity index (χ2n) is 9.59. The third kappa shape index (κ3) is 11.2. The number of para-hydroxylation sites is 1.